The molecule has 28 heavy (non-hydrogen) atoms. The van der Waals surface area contributed by atoms with Crippen molar-refractivity contribution in [2.24, 2.45) is 9.98 Å². The molecule has 0 radical (unpaired) electrons. The van der Waals surface area contributed by atoms with Gasteiger partial charge in [0.2, 0.25) is 12.2 Å². The Bertz CT molecular complexity index is 623. The summed E-state index contributed by atoms with van der Waals surface area (Å²) >= 11 is 0. The molecule has 152 valence electrons. The molecule has 0 spiro atoms. The van der Waals surface area contributed by atoms with Crippen molar-refractivity contribution >= 4 is 24.1 Å². The summed E-state index contributed by atoms with van der Waals surface area (Å²) in [5, 5.41) is 0. The number of rotatable bonds is 14. The van der Waals surface area contributed by atoms with Crippen molar-refractivity contribution in [3.05, 3.63) is 35.5 Å². The largest absolute Gasteiger partial charge is 0.462 e. The molecule has 0 aliphatic heterocycles. The number of hydrogen-bond acceptors (Lipinski definition) is 8. The monoisotopic (exact) mass is 390 g/mol. The summed E-state index contributed by atoms with van der Waals surface area (Å²) in [4.78, 5) is 50.1. The van der Waals surface area contributed by atoms with Crippen LogP contribution in [0.2, 0.25) is 0 Å². The molecule has 0 bridgehead atoms. The molecule has 0 aromatic carbocycles. The van der Waals surface area contributed by atoms with E-state index in [9.17, 15) is 19.2 Å². The smallest absolute Gasteiger partial charge is 0.331 e. The normalized spacial score (nSPS) is 11.5. The van der Waals surface area contributed by atoms with Gasteiger partial charge in [0, 0.05) is 25.0 Å². The van der Waals surface area contributed by atoms with Crippen LogP contribution in [0.3, 0.4) is 0 Å². The second-order valence-corrected chi connectivity index (χ2v) is 5.46. The Morgan fingerprint density at radius 3 is 1.50 bits per heavy atom. The Morgan fingerprint density at radius 1 is 0.786 bits per heavy atom. The van der Waals surface area contributed by atoms with Crippen LogP contribution in [-0.2, 0) is 28.7 Å². The molecule has 0 fully saturated rings. The quantitative estimate of drug-likeness (QED) is 0.148. The summed E-state index contributed by atoms with van der Waals surface area (Å²) in [5.41, 5.74) is 2.02. The number of aliphatic imine (C=N–C) groups is 2. The third-order valence-corrected chi connectivity index (χ3v) is 3.67. The molecule has 0 saturated heterocycles. The lowest BCUT2D eigenvalue weighted by molar-refractivity contribution is -0.140. The molecule has 0 rings (SSSR count). The lowest BCUT2D eigenvalue weighted by atomic mass is 10.1. The topological polar surface area (TPSA) is 111 Å². The summed E-state index contributed by atoms with van der Waals surface area (Å²) in [5.74, 6) is -1.28. The third-order valence-electron chi connectivity index (χ3n) is 3.67. The van der Waals surface area contributed by atoms with E-state index in [-0.39, 0.29) is 26.3 Å². The fraction of sp³-hybridized carbons (Fsp3) is 0.500. The Kier molecular flexibility index (Phi) is 15.4. The van der Waals surface area contributed by atoms with E-state index in [4.69, 9.17) is 9.47 Å². The lowest BCUT2D eigenvalue weighted by Crippen LogP contribution is -2.07. The zero-order valence-electron chi connectivity index (χ0n) is 16.3. The summed E-state index contributed by atoms with van der Waals surface area (Å²) < 4.78 is 10.0. The molecule has 0 aliphatic carbocycles. The number of hydrogen-bond donors (Lipinski definition) is 0. The van der Waals surface area contributed by atoms with Gasteiger partial charge in [-0.05, 0) is 12.8 Å². The molecule has 8 heteroatoms. The summed E-state index contributed by atoms with van der Waals surface area (Å²) in [7, 11) is 0. The first-order valence-corrected chi connectivity index (χ1v) is 9.01. The maximum absolute atomic E-state index is 11.6. The third kappa shape index (κ3) is 14.1. The highest BCUT2D eigenvalue weighted by Gasteiger charge is 2.03. The van der Waals surface area contributed by atoms with Gasteiger partial charge in [-0.25, -0.2) is 29.2 Å². The zero-order chi connectivity index (χ0) is 21.0. The average Bonchev–Trinajstić information content (AvgIpc) is 2.70. The van der Waals surface area contributed by atoms with Gasteiger partial charge in [-0.1, -0.05) is 37.1 Å². The fourth-order valence-corrected chi connectivity index (χ4v) is 2.07. The second kappa shape index (κ2) is 17.3. The van der Waals surface area contributed by atoms with Crippen molar-refractivity contribution in [3.8, 4) is 0 Å². The molecule has 0 N–H and O–H groups in total. The van der Waals surface area contributed by atoms with E-state index in [1.807, 2.05) is 13.8 Å². The Balaban J connectivity index is 4.17. The van der Waals surface area contributed by atoms with Gasteiger partial charge >= 0.3 is 11.9 Å². The molecule has 0 aromatic heterocycles. The molecule has 8 nitrogen and oxygen atoms in total. The number of isocyanates is 2. The van der Waals surface area contributed by atoms with E-state index in [2.05, 4.69) is 9.98 Å². The van der Waals surface area contributed by atoms with Crippen molar-refractivity contribution in [1.29, 1.82) is 0 Å². The molecule has 0 aliphatic rings. The van der Waals surface area contributed by atoms with Gasteiger partial charge in [0.25, 0.3) is 0 Å². The highest BCUT2D eigenvalue weighted by atomic mass is 16.5. The van der Waals surface area contributed by atoms with Crippen LogP contribution in [0.4, 0.5) is 0 Å². The molecule has 0 aromatic rings. The van der Waals surface area contributed by atoms with Gasteiger partial charge in [-0.2, -0.15) is 0 Å². The van der Waals surface area contributed by atoms with Crippen LogP contribution >= 0.6 is 0 Å². The van der Waals surface area contributed by atoms with Crippen molar-refractivity contribution in [3.63, 3.8) is 0 Å². The lowest BCUT2D eigenvalue weighted by Gasteiger charge is -2.05. The van der Waals surface area contributed by atoms with E-state index in [1.165, 1.54) is 12.2 Å². The van der Waals surface area contributed by atoms with E-state index in [0.29, 0.717) is 12.8 Å². The first-order chi connectivity index (χ1) is 13.6. The fourth-order valence-electron chi connectivity index (χ4n) is 2.07. The first-order valence-electron chi connectivity index (χ1n) is 9.01. The van der Waals surface area contributed by atoms with Crippen molar-refractivity contribution < 1.29 is 28.7 Å². The maximum atomic E-state index is 11.6. The number of carbonyl (C=O) groups is 2. The SMILES string of the molecule is CCC(=CCN=C=O)CCOC(=O)/C=C/C(=O)OCCC(=CCN=C=O)CC. The minimum atomic E-state index is -0.640. The van der Waals surface area contributed by atoms with E-state index < -0.39 is 11.9 Å². The average molecular weight is 390 g/mol. The van der Waals surface area contributed by atoms with Crippen LogP contribution < -0.4 is 0 Å². The van der Waals surface area contributed by atoms with Crippen LogP contribution in [-0.4, -0.2) is 50.4 Å². The predicted molar refractivity (Wildman–Crippen MR) is 103 cm³/mol. The Labute approximate surface area is 164 Å². The minimum absolute atomic E-state index is 0.163. The zero-order valence-corrected chi connectivity index (χ0v) is 16.3. The van der Waals surface area contributed by atoms with Gasteiger partial charge in [0.05, 0.1) is 26.3 Å². The van der Waals surface area contributed by atoms with Crippen molar-refractivity contribution in [2.45, 2.75) is 39.5 Å². The first kappa shape index (κ1) is 24.9. The van der Waals surface area contributed by atoms with Gasteiger partial charge in [0.1, 0.15) is 0 Å². The van der Waals surface area contributed by atoms with Gasteiger partial charge in [0.15, 0.2) is 0 Å². The van der Waals surface area contributed by atoms with Crippen LogP contribution in [0.25, 0.3) is 0 Å². The van der Waals surface area contributed by atoms with E-state index in [0.717, 1.165) is 36.1 Å². The van der Waals surface area contributed by atoms with Crippen LogP contribution in [0.1, 0.15) is 39.5 Å². The van der Waals surface area contributed by atoms with Crippen LogP contribution in [0.15, 0.2) is 45.4 Å². The molecule has 0 amide bonds. The second-order valence-electron chi connectivity index (χ2n) is 5.46. The molecule has 0 saturated carbocycles. The molecule has 0 unspecified atom stereocenters. The van der Waals surface area contributed by atoms with Crippen molar-refractivity contribution in [1.82, 2.24) is 0 Å². The van der Waals surface area contributed by atoms with Gasteiger partial charge in [-0.15, -0.1) is 0 Å². The number of nitrogens with zero attached hydrogens (tertiary/aromatic N) is 2. The highest BCUT2D eigenvalue weighted by molar-refractivity contribution is 5.91. The predicted octanol–water partition coefficient (Wildman–Crippen LogP) is 2.75. The van der Waals surface area contributed by atoms with Crippen molar-refractivity contribution in [2.75, 3.05) is 26.3 Å². The number of esters is 2. The number of carbonyl (C=O) groups excluding carboxylic acids is 4. The Hall–Kier alpha value is -3.08. The number of ether oxygens (including phenoxy) is 2. The highest BCUT2D eigenvalue weighted by Crippen LogP contribution is 2.07. The molecule has 0 atom stereocenters. The van der Waals surface area contributed by atoms with Gasteiger partial charge < -0.3 is 9.47 Å². The summed E-state index contributed by atoms with van der Waals surface area (Å²) in [6.45, 7) is 4.73. The van der Waals surface area contributed by atoms with E-state index >= 15 is 0 Å². The maximum Gasteiger partial charge on any atom is 0.331 e. The summed E-state index contributed by atoms with van der Waals surface area (Å²) in [6.07, 6.45) is 11.1. The summed E-state index contributed by atoms with van der Waals surface area (Å²) in [6, 6.07) is 0. The van der Waals surface area contributed by atoms with Crippen LogP contribution in [0.5, 0.6) is 0 Å². The molecular formula is C20H26N2O6. The minimum Gasteiger partial charge on any atom is -0.462 e. The molecular weight excluding hydrogens is 364 g/mol. The van der Waals surface area contributed by atoms with E-state index in [1.54, 1.807) is 12.2 Å². The van der Waals surface area contributed by atoms with Crippen LogP contribution in [0, 0.1) is 0 Å². The molecule has 0 heterocycles. The Morgan fingerprint density at radius 2 is 1.18 bits per heavy atom. The van der Waals surface area contributed by atoms with Gasteiger partial charge in [-0.3, -0.25) is 0 Å². The standard InChI is InChI=1S/C20H26N2O6/c1-3-17(7-11-21-15-23)9-13-27-19(25)5-6-20(26)28-14-10-18(4-2)8-12-22-16-24/h5-8H,3-4,9-14H2,1-2H3/b6-5+,17-7?,18-8?.